The third-order valence-electron chi connectivity index (χ3n) is 2.32. The van der Waals surface area contributed by atoms with Crippen molar-refractivity contribution in [3.63, 3.8) is 0 Å². The lowest BCUT2D eigenvalue weighted by Gasteiger charge is -2.20. The zero-order chi connectivity index (χ0) is 12.6. The van der Waals surface area contributed by atoms with Crippen molar-refractivity contribution >= 4 is 22.8 Å². The minimum absolute atomic E-state index is 0.389. The zero-order valence-electron chi connectivity index (χ0n) is 10.2. The highest BCUT2D eigenvalue weighted by molar-refractivity contribution is 5.94. The van der Waals surface area contributed by atoms with Crippen molar-refractivity contribution in [1.29, 1.82) is 0 Å². The summed E-state index contributed by atoms with van der Waals surface area (Å²) in [5.74, 6) is 0.389. The van der Waals surface area contributed by atoms with Gasteiger partial charge in [0.25, 0.3) is 0 Å². The highest BCUT2D eigenvalue weighted by atomic mass is 16.6. The summed E-state index contributed by atoms with van der Waals surface area (Å²) in [5.41, 5.74) is 6.07. The molecule has 17 heavy (non-hydrogen) atoms. The van der Waals surface area contributed by atoms with E-state index in [9.17, 15) is 4.79 Å². The van der Waals surface area contributed by atoms with E-state index < -0.39 is 11.7 Å². The van der Waals surface area contributed by atoms with E-state index in [-0.39, 0.29) is 0 Å². The van der Waals surface area contributed by atoms with Crippen LogP contribution in [0.4, 0.5) is 10.6 Å². The van der Waals surface area contributed by atoms with Crippen LogP contribution < -0.4 is 5.73 Å². The number of fused-ring (bicyclic) bond motifs is 1. The van der Waals surface area contributed by atoms with E-state index in [0.717, 1.165) is 10.9 Å². The minimum Gasteiger partial charge on any atom is -0.443 e. The molecule has 1 aromatic heterocycles. The van der Waals surface area contributed by atoms with Gasteiger partial charge in [-0.05, 0) is 32.9 Å². The van der Waals surface area contributed by atoms with Gasteiger partial charge in [0, 0.05) is 5.39 Å². The van der Waals surface area contributed by atoms with Gasteiger partial charge in [-0.1, -0.05) is 18.2 Å². The smallest absolute Gasteiger partial charge is 0.420 e. The van der Waals surface area contributed by atoms with Crippen LogP contribution in [0.5, 0.6) is 0 Å². The highest BCUT2D eigenvalue weighted by Crippen LogP contribution is 2.22. The third kappa shape index (κ3) is 2.25. The van der Waals surface area contributed by atoms with Gasteiger partial charge in [0.15, 0.2) is 0 Å². The molecule has 4 nitrogen and oxygen atoms in total. The highest BCUT2D eigenvalue weighted by Gasteiger charge is 2.20. The van der Waals surface area contributed by atoms with Gasteiger partial charge < -0.3 is 10.5 Å². The zero-order valence-corrected chi connectivity index (χ0v) is 10.2. The predicted molar refractivity (Wildman–Crippen MR) is 68.0 cm³/mol. The minimum atomic E-state index is -0.533. The van der Waals surface area contributed by atoms with E-state index >= 15 is 0 Å². The van der Waals surface area contributed by atoms with Crippen molar-refractivity contribution in [2.24, 2.45) is 0 Å². The van der Waals surface area contributed by atoms with Gasteiger partial charge in [0.2, 0.25) is 0 Å². The molecule has 0 saturated carbocycles. The standard InChI is InChI=1S/C13H16N2O2/c1-13(2,3)17-12(16)15-10-7-5-4-6-9(10)8-11(15)14/h4-8H,14H2,1-3H3. The molecule has 2 N–H and O–H groups in total. The number of carbonyl (C=O) groups excluding carboxylic acids is 1. The number of benzene rings is 1. The molecule has 0 bridgehead atoms. The number of nitrogens with two attached hydrogens (primary N) is 1. The molecule has 1 aromatic carbocycles. The number of anilines is 1. The van der Waals surface area contributed by atoms with Crippen molar-refractivity contribution in [2.75, 3.05) is 5.73 Å². The molecule has 0 aliphatic carbocycles. The summed E-state index contributed by atoms with van der Waals surface area (Å²) in [6.45, 7) is 5.48. The first-order chi connectivity index (χ1) is 7.88. The van der Waals surface area contributed by atoms with Crippen molar-refractivity contribution in [2.45, 2.75) is 26.4 Å². The Morgan fingerprint density at radius 2 is 1.94 bits per heavy atom. The lowest BCUT2D eigenvalue weighted by molar-refractivity contribution is 0.0548. The fraction of sp³-hybridized carbons (Fsp3) is 0.308. The van der Waals surface area contributed by atoms with Crippen LogP contribution in [0.2, 0.25) is 0 Å². The normalized spacial score (nSPS) is 11.7. The Hall–Kier alpha value is -1.97. The Balaban J connectivity index is 2.48. The van der Waals surface area contributed by atoms with Crippen molar-refractivity contribution < 1.29 is 9.53 Å². The second-order valence-electron chi connectivity index (χ2n) is 4.94. The van der Waals surface area contributed by atoms with E-state index in [2.05, 4.69) is 0 Å². The molecule has 90 valence electrons. The average Bonchev–Trinajstić information content (AvgIpc) is 2.50. The van der Waals surface area contributed by atoms with E-state index in [1.807, 2.05) is 45.0 Å². The fourth-order valence-corrected chi connectivity index (χ4v) is 1.69. The molecule has 0 spiro atoms. The first-order valence-corrected chi connectivity index (χ1v) is 5.48. The maximum Gasteiger partial charge on any atom is 0.420 e. The fourth-order valence-electron chi connectivity index (χ4n) is 1.69. The van der Waals surface area contributed by atoms with E-state index in [1.54, 1.807) is 6.07 Å². The lowest BCUT2D eigenvalue weighted by Crippen LogP contribution is -2.27. The van der Waals surface area contributed by atoms with Gasteiger partial charge in [-0.15, -0.1) is 0 Å². The third-order valence-corrected chi connectivity index (χ3v) is 2.32. The molecule has 0 aliphatic rings. The summed E-state index contributed by atoms with van der Waals surface area (Å²) in [5, 5.41) is 0.927. The summed E-state index contributed by atoms with van der Waals surface area (Å²) in [6.07, 6.45) is -0.448. The number of ether oxygens (including phenoxy) is 1. The maximum atomic E-state index is 12.0. The molecule has 0 atom stereocenters. The van der Waals surface area contributed by atoms with E-state index in [1.165, 1.54) is 4.57 Å². The Morgan fingerprint density at radius 1 is 1.29 bits per heavy atom. The summed E-state index contributed by atoms with van der Waals surface area (Å²) >= 11 is 0. The second-order valence-corrected chi connectivity index (χ2v) is 4.94. The summed E-state index contributed by atoms with van der Waals surface area (Å²) in [7, 11) is 0. The number of hydrogen-bond donors (Lipinski definition) is 1. The molecule has 2 aromatic rings. The lowest BCUT2D eigenvalue weighted by atomic mass is 10.2. The Bertz CT molecular complexity index is 564. The molecule has 4 heteroatoms. The van der Waals surface area contributed by atoms with Crippen LogP contribution >= 0.6 is 0 Å². The van der Waals surface area contributed by atoms with E-state index in [4.69, 9.17) is 10.5 Å². The van der Waals surface area contributed by atoms with Crippen LogP contribution in [-0.2, 0) is 4.74 Å². The molecule has 0 amide bonds. The monoisotopic (exact) mass is 232 g/mol. The Morgan fingerprint density at radius 3 is 2.59 bits per heavy atom. The molecule has 0 radical (unpaired) electrons. The number of nitrogen functional groups attached to an aromatic ring is 1. The van der Waals surface area contributed by atoms with Gasteiger partial charge in [-0.25, -0.2) is 9.36 Å². The summed E-state index contributed by atoms with van der Waals surface area (Å²) in [4.78, 5) is 12.0. The summed E-state index contributed by atoms with van der Waals surface area (Å²) < 4.78 is 6.70. The van der Waals surface area contributed by atoms with Crippen molar-refractivity contribution in [3.8, 4) is 0 Å². The number of para-hydroxylation sites is 1. The average molecular weight is 232 g/mol. The van der Waals surface area contributed by atoms with Gasteiger partial charge in [-0.2, -0.15) is 0 Å². The maximum absolute atomic E-state index is 12.0. The van der Waals surface area contributed by atoms with Crippen LogP contribution in [0.15, 0.2) is 30.3 Å². The molecular weight excluding hydrogens is 216 g/mol. The Kier molecular flexibility index (Phi) is 2.58. The van der Waals surface area contributed by atoms with Crippen molar-refractivity contribution in [3.05, 3.63) is 30.3 Å². The molecule has 2 rings (SSSR count). The molecule has 1 heterocycles. The van der Waals surface area contributed by atoms with Gasteiger partial charge >= 0.3 is 6.09 Å². The van der Waals surface area contributed by atoms with Crippen LogP contribution in [-0.4, -0.2) is 16.3 Å². The molecule has 0 fully saturated rings. The van der Waals surface area contributed by atoms with Crippen LogP contribution in [0.25, 0.3) is 10.9 Å². The number of aromatic nitrogens is 1. The molecule has 0 saturated heterocycles. The number of hydrogen-bond acceptors (Lipinski definition) is 3. The SMILES string of the molecule is CC(C)(C)OC(=O)n1c(N)cc2ccccc21. The van der Waals surface area contributed by atoms with Gasteiger partial charge in [0.1, 0.15) is 11.4 Å². The van der Waals surface area contributed by atoms with Gasteiger partial charge in [0.05, 0.1) is 5.52 Å². The second kappa shape index (κ2) is 3.80. The molecule has 0 unspecified atom stereocenters. The van der Waals surface area contributed by atoms with Gasteiger partial charge in [-0.3, -0.25) is 0 Å². The number of carbonyl (C=O) groups is 1. The summed E-state index contributed by atoms with van der Waals surface area (Å²) in [6, 6.07) is 9.28. The number of rotatable bonds is 0. The van der Waals surface area contributed by atoms with Crippen LogP contribution in [0, 0.1) is 0 Å². The predicted octanol–water partition coefficient (Wildman–Crippen LogP) is 3.01. The number of nitrogens with zero attached hydrogens (tertiary/aromatic N) is 1. The first kappa shape index (κ1) is 11.5. The largest absolute Gasteiger partial charge is 0.443 e. The van der Waals surface area contributed by atoms with E-state index in [0.29, 0.717) is 5.82 Å². The quantitative estimate of drug-likeness (QED) is 0.759. The van der Waals surface area contributed by atoms with Crippen LogP contribution in [0.3, 0.4) is 0 Å². The van der Waals surface area contributed by atoms with Crippen LogP contribution in [0.1, 0.15) is 20.8 Å². The first-order valence-electron chi connectivity index (χ1n) is 5.48. The topological polar surface area (TPSA) is 57.2 Å². The molecule has 0 aliphatic heterocycles. The van der Waals surface area contributed by atoms with Crippen molar-refractivity contribution in [1.82, 2.24) is 4.57 Å². The molecular formula is C13H16N2O2. The Labute approximate surface area is 100.0 Å².